The summed E-state index contributed by atoms with van der Waals surface area (Å²) in [5.41, 5.74) is 0.849. The van der Waals surface area contributed by atoms with Crippen LogP contribution in [0, 0.1) is 12.8 Å². The number of aromatic nitrogens is 2. The SMILES string of the molecule is COC(=O)C(C)CSCc1nc(C)cc(Cl)n1. The Labute approximate surface area is 110 Å². The van der Waals surface area contributed by atoms with Crippen molar-refractivity contribution < 1.29 is 9.53 Å². The van der Waals surface area contributed by atoms with Crippen LogP contribution in [0.4, 0.5) is 0 Å². The fourth-order valence-electron chi connectivity index (χ4n) is 1.25. The zero-order valence-electron chi connectivity index (χ0n) is 10.1. The molecule has 1 rings (SSSR count). The highest BCUT2D eigenvalue weighted by molar-refractivity contribution is 7.98. The van der Waals surface area contributed by atoms with Gasteiger partial charge in [0.2, 0.25) is 0 Å². The number of carbonyl (C=O) groups is 1. The highest BCUT2D eigenvalue weighted by Crippen LogP contribution is 2.15. The van der Waals surface area contributed by atoms with E-state index in [1.807, 2.05) is 13.8 Å². The first-order valence-corrected chi connectivity index (χ1v) is 6.72. The highest BCUT2D eigenvalue weighted by Gasteiger charge is 2.13. The molecular formula is C11H15ClN2O2S. The molecule has 0 amide bonds. The quantitative estimate of drug-likeness (QED) is 0.610. The molecule has 0 fully saturated rings. The molecule has 0 saturated heterocycles. The Hall–Kier alpha value is -0.810. The number of halogens is 1. The third-order valence-corrected chi connectivity index (χ3v) is 3.46. The van der Waals surface area contributed by atoms with Crippen LogP contribution in [0.15, 0.2) is 6.07 Å². The van der Waals surface area contributed by atoms with Gasteiger partial charge < -0.3 is 4.74 Å². The Morgan fingerprint density at radius 2 is 2.29 bits per heavy atom. The summed E-state index contributed by atoms with van der Waals surface area (Å²) < 4.78 is 4.65. The second-order valence-corrected chi connectivity index (χ2v) is 5.11. The minimum Gasteiger partial charge on any atom is -0.469 e. The number of thioether (sulfide) groups is 1. The van der Waals surface area contributed by atoms with Gasteiger partial charge in [-0.2, -0.15) is 11.8 Å². The number of hydrogen-bond acceptors (Lipinski definition) is 5. The van der Waals surface area contributed by atoms with Gasteiger partial charge in [-0.3, -0.25) is 4.79 Å². The predicted octanol–water partition coefficient (Wildman–Crippen LogP) is 2.48. The molecule has 1 aromatic rings. The normalized spacial score (nSPS) is 12.2. The van der Waals surface area contributed by atoms with Crippen molar-refractivity contribution >= 4 is 29.3 Å². The molecule has 6 heteroatoms. The van der Waals surface area contributed by atoms with E-state index in [1.165, 1.54) is 7.11 Å². The van der Waals surface area contributed by atoms with Crippen LogP contribution in [0.5, 0.6) is 0 Å². The lowest BCUT2D eigenvalue weighted by atomic mass is 10.2. The zero-order chi connectivity index (χ0) is 12.8. The average molecular weight is 275 g/mol. The van der Waals surface area contributed by atoms with Crippen LogP contribution < -0.4 is 0 Å². The number of hydrogen-bond donors (Lipinski definition) is 0. The third-order valence-electron chi connectivity index (χ3n) is 2.07. The smallest absolute Gasteiger partial charge is 0.309 e. The molecular weight excluding hydrogens is 260 g/mol. The maximum atomic E-state index is 11.2. The number of nitrogens with zero attached hydrogens (tertiary/aromatic N) is 2. The summed E-state index contributed by atoms with van der Waals surface area (Å²) in [7, 11) is 1.40. The van der Waals surface area contributed by atoms with Crippen LogP contribution >= 0.6 is 23.4 Å². The standard InChI is InChI=1S/C11H15ClN2O2S/c1-7(11(15)16-3)5-17-6-10-13-8(2)4-9(12)14-10/h4,7H,5-6H2,1-3H3. The van der Waals surface area contributed by atoms with Crippen molar-refractivity contribution in [3.8, 4) is 0 Å². The number of rotatable bonds is 5. The van der Waals surface area contributed by atoms with Crippen molar-refractivity contribution in [3.05, 3.63) is 22.7 Å². The van der Waals surface area contributed by atoms with E-state index in [2.05, 4.69) is 14.7 Å². The van der Waals surface area contributed by atoms with Gasteiger partial charge in [0.25, 0.3) is 0 Å². The molecule has 0 aliphatic heterocycles. The number of aryl methyl sites for hydroxylation is 1. The minimum atomic E-state index is -0.194. The van der Waals surface area contributed by atoms with E-state index >= 15 is 0 Å². The second kappa shape index (κ2) is 6.81. The van der Waals surface area contributed by atoms with E-state index in [0.717, 1.165) is 5.69 Å². The Kier molecular flexibility index (Phi) is 5.71. The lowest BCUT2D eigenvalue weighted by molar-refractivity contribution is -0.143. The van der Waals surface area contributed by atoms with Crippen LogP contribution in [0.2, 0.25) is 5.15 Å². The lowest BCUT2D eigenvalue weighted by Gasteiger charge is -2.08. The van der Waals surface area contributed by atoms with Crippen molar-refractivity contribution in [2.24, 2.45) is 5.92 Å². The molecule has 1 aromatic heterocycles. The topological polar surface area (TPSA) is 52.1 Å². The van der Waals surface area contributed by atoms with Crippen LogP contribution in [0.25, 0.3) is 0 Å². The lowest BCUT2D eigenvalue weighted by Crippen LogP contribution is -2.15. The second-order valence-electron chi connectivity index (χ2n) is 3.69. The Morgan fingerprint density at radius 1 is 1.59 bits per heavy atom. The predicted molar refractivity (Wildman–Crippen MR) is 69.1 cm³/mol. The molecule has 1 unspecified atom stereocenters. The van der Waals surface area contributed by atoms with Crippen molar-refractivity contribution in [2.45, 2.75) is 19.6 Å². The molecule has 0 aromatic carbocycles. The molecule has 1 atom stereocenters. The fraction of sp³-hybridized carbons (Fsp3) is 0.545. The van der Waals surface area contributed by atoms with E-state index in [-0.39, 0.29) is 11.9 Å². The molecule has 0 spiro atoms. The van der Waals surface area contributed by atoms with Gasteiger partial charge in [-0.15, -0.1) is 0 Å². The maximum Gasteiger partial charge on any atom is 0.309 e. The number of ether oxygens (including phenoxy) is 1. The summed E-state index contributed by atoms with van der Waals surface area (Å²) >= 11 is 7.42. The fourth-order valence-corrected chi connectivity index (χ4v) is 2.42. The average Bonchev–Trinajstić information content (AvgIpc) is 2.26. The summed E-state index contributed by atoms with van der Waals surface area (Å²) in [5.74, 6) is 1.70. The highest BCUT2D eigenvalue weighted by atomic mass is 35.5. The van der Waals surface area contributed by atoms with Crippen LogP contribution in [0.1, 0.15) is 18.4 Å². The van der Waals surface area contributed by atoms with Crippen molar-refractivity contribution in [3.63, 3.8) is 0 Å². The van der Waals surface area contributed by atoms with Crippen molar-refractivity contribution in [1.29, 1.82) is 0 Å². The molecule has 0 aliphatic rings. The van der Waals surface area contributed by atoms with Crippen LogP contribution in [-0.4, -0.2) is 28.8 Å². The summed E-state index contributed by atoms with van der Waals surface area (Å²) in [5, 5.41) is 0.453. The van der Waals surface area contributed by atoms with Crippen LogP contribution in [0.3, 0.4) is 0 Å². The van der Waals surface area contributed by atoms with E-state index in [0.29, 0.717) is 22.5 Å². The van der Waals surface area contributed by atoms with Gasteiger partial charge >= 0.3 is 5.97 Å². The molecule has 17 heavy (non-hydrogen) atoms. The van der Waals surface area contributed by atoms with Gasteiger partial charge in [0.15, 0.2) is 0 Å². The molecule has 0 bridgehead atoms. The molecule has 0 radical (unpaired) electrons. The Morgan fingerprint density at radius 3 is 2.88 bits per heavy atom. The van der Waals surface area contributed by atoms with Gasteiger partial charge in [0.1, 0.15) is 11.0 Å². The third kappa shape index (κ3) is 4.91. The van der Waals surface area contributed by atoms with E-state index in [1.54, 1.807) is 17.8 Å². The van der Waals surface area contributed by atoms with E-state index in [4.69, 9.17) is 11.6 Å². The summed E-state index contributed by atoms with van der Waals surface area (Å²) in [6.07, 6.45) is 0. The monoisotopic (exact) mass is 274 g/mol. The Bertz CT molecular complexity index is 381. The summed E-state index contributed by atoms with van der Waals surface area (Å²) in [6, 6.07) is 1.72. The Balaban J connectivity index is 2.43. The number of methoxy groups -OCH3 is 1. The van der Waals surface area contributed by atoms with Gasteiger partial charge in [-0.1, -0.05) is 18.5 Å². The van der Waals surface area contributed by atoms with E-state index in [9.17, 15) is 4.79 Å². The molecule has 94 valence electrons. The first kappa shape index (κ1) is 14.3. The number of esters is 1. The van der Waals surface area contributed by atoms with Crippen LogP contribution in [-0.2, 0) is 15.3 Å². The first-order chi connectivity index (χ1) is 8.02. The summed E-state index contributed by atoms with van der Waals surface area (Å²) in [4.78, 5) is 19.6. The summed E-state index contributed by atoms with van der Waals surface area (Å²) in [6.45, 7) is 3.71. The molecule has 0 N–H and O–H groups in total. The number of carbonyl (C=O) groups excluding carboxylic acids is 1. The van der Waals surface area contributed by atoms with Gasteiger partial charge in [-0.25, -0.2) is 9.97 Å². The molecule has 0 saturated carbocycles. The maximum absolute atomic E-state index is 11.2. The molecule has 4 nitrogen and oxygen atoms in total. The van der Waals surface area contributed by atoms with Gasteiger partial charge in [0.05, 0.1) is 18.8 Å². The van der Waals surface area contributed by atoms with Gasteiger partial charge in [0, 0.05) is 11.4 Å². The largest absolute Gasteiger partial charge is 0.469 e. The van der Waals surface area contributed by atoms with Crippen molar-refractivity contribution in [1.82, 2.24) is 9.97 Å². The van der Waals surface area contributed by atoms with Crippen molar-refractivity contribution in [2.75, 3.05) is 12.9 Å². The minimum absolute atomic E-state index is 0.120. The van der Waals surface area contributed by atoms with Gasteiger partial charge in [-0.05, 0) is 13.0 Å². The molecule has 1 heterocycles. The van der Waals surface area contributed by atoms with E-state index < -0.39 is 0 Å². The first-order valence-electron chi connectivity index (χ1n) is 5.18. The zero-order valence-corrected chi connectivity index (χ0v) is 11.6. The molecule has 0 aliphatic carbocycles.